The largest absolute Gasteiger partial charge is 0.384 e. The van der Waals surface area contributed by atoms with Gasteiger partial charge in [0.15, 0.2) is 0 Å². The summed E-state index contributed by atoms with van der Waals surface area (Å²) < 4.78 is 13.7. The van der Waals surface area contributed by atoms with E-state index in [2.05, 4.69) is 0 Å². The first-order valence-electron chi connectivity index (χ1n) is 6.92. The molecule has 1 unspecified atom stereocenters. The predicted octanol–water partition coefficient (Wildman–Crippen LogP) is 0.799. The van der Waals surface area contributed by atoms with Gasteiger partial charge in [-0.25, -0.2) is 4.39 Å². The van der Waals surface area contributed by atoms with Crippen molar-refractivity contribution < 1.29 is 19.1 Å². The first-order chi connectivity index (χ1) is 9.90. The molecule has 2 amide bonds. The summed E-state index contributed by atoms with van der Waals surface area (Å²) >= 11 is 0. The normalized spacial score (nSPS) is 16.8. The van der Waals surface area contributed by atoms with Gasteiger partial charge in [0, 0.05) is 26.2 Å². The van der Waals surface area contributed by atoms with Crippen molar-refractivity contribution in [2.24, 2.45) is 0 Å². The van der Waals surface area contributed by atoms with Crippen molar-refractivity contribution in [2.75, 3.05) is 26.2 Å². The van der Waals surface area contributed by atoms with E-state index in [1.54, 1.807) is 13.0 Å². The molecule has 0 aromatic heterocycles. The number of halogens is 1. The number of carbonyl (C=O) groups excluding carboxylic acids is 2. The topological polar surface area (TPSA) is 60.9 Å². The fourth-order valence-corrected chi connectivity index (χ4v) is 2.37. The molecule has 21 heavy (non-hydrogen) atoms. The molecule has 0 bridgehead atoms. The van der Waals surface area contributed by atoms with Crippen LogP contribution in [0.2, 0.25) is 0 Å². The van der Waals surface area contributed by atoms with E-state index in [0.29, 0.717) is 26.2 Å². The van der Waals surface area contributed by atoms with Crippen molar-refractivity contribution in [3.63, 3.8) is 0 Å². The minimum absolute atomic E-state index is 0.0605. The monoisotopic (exact) mass is 294 g/mol. The number of aliphatic hydroxyl groups excluding tert-OH is 1. The van der Waals surface area contributed by atoms with Crippen molar-refractivity contribution in [2.45, 2.75) is 20.0 Å². The molecule has 1 aliphatic rings. The number of hydrogen-bond acceptors (Lipinski definition) is 3. The lowest BCUT2D eigenvalue weighted by Gasteiger charge is -2.35. The number of benzene rings is 1. The highest BCUT2D eigenvalue weighted by Crippen LogP contribution is 2.14. The van der Waals surface area contributed by atoms with E-state index < -0.39 is 11.9 Å². The Morgan fingerprint density at radius 1 is 1.19 bits per heavy atom. The highest BCUT2D eigenvalue weighted by Gasteiger charge is 2.27. The fourth-order valence-electron chi connectivity index (χ4n) is 2.37. The Bertz CT molecular complexity index is 552. The molecule has 1 aromatic rings. The average Bonchev–Trinajstić information content (AvgIpc) is 2.48. The van der Waals surface area contributed by atoms with Gasteiger partial charge in [-0.1, -0.05) is 11.6 Å². The van der Waals surface area contributed by atoms with E-state index in [1.165, 1.54) is 28.9 Å². The zero-order valence-electron chi connectivity index (χ0n) is 12.2. The van der Waals surface area contributed by atoms with E-state index in [4.69, 9.17) is 0 Å². The number of aliphatic hydroxyl groups is 1. The maximum atomic E-state index is 13.7. The number of hydrogen-bond donors (Lipinski definition) is 1. The number of rotatable bonds is 2. The Morgan fingerprint density at radius 2 is 1.76 bits per heavy atom. The molecule has 1 aliphatic heterocycles. The molecule has 1 saturated heterocycles. The summed E-state index contributed by atoms with van der Waals surface area (Å²) in [5.74, 6) is -1.24. The Balaban J connectivity index is 2.03. The van der Waals surface area contributed by atoms with Gasteiger partial charge in [0.25, 0.3) is 11.8 Å². The smallest absolute Gasteiger partial charge is 0.256 e. The molecule has 2 rings (SSSR count). The van der Waals surface area contributed by atoms with Crippen molar-refractivity contribution in [3.05, 3.63) is 35.1 Å². The quantitative estimate of drug-likeness (QED) is 0.877. The third kappa shape index (κ3) is 3.39. The number of aryl methyl sites for hydroxylation is 1. The lowest BCUT2D eigenvalue weighted by atomic mass is 10.1. The van der Waals surface area contributed by atoms with Gasteiger partial charge in [-0.2, -0.15) is 0 Å². The Kier molecular flexibility index (Phi) is 4.57. The van der Waals surface area contributed by atoms with Crippen LogP contribution in [-0.4, -0.2) is 59.0 Å². The summed E-state index contributed by atoms with van der Waals surface area (Å²) in [5, 5.41) is 9.27. The lowest BCUT2D eigenvalue weighted by Crippen LogP contribution is -2.52. The van der Waals surface area contributed by atoms with E-state index in [-0.39, 0.29) is 17.4 Å². The fraction of sp³-hybridized carbons (Fsp3) is 0.467. The van der Waals surface area contributed by atoms with Gasteiger partial charge in [0.05, 0.1) is 5.56 Å². The second kappa shape index (κ2) is 6.22. The predicted molar refractivity (Wildman–Crippen MR) is 75.3 cm³/mol. The van der Waals surface area contributed by atoms with Crippen LogP contribution in [-0.2, 0) is 4.79 Å². The van der Waals surface area contributed by atoms with Crippen molar-refractivity contribution in [3.8, 4) is 0 Å². The molecular weight excluding hydrogens is 275 g/mol. The summed E-state index contributed by atoms with van der Waals surface area (Å²) in [6.45, 7) is 4.60. The summed E-state index contributed by atoms with van der Waals surface area (Å²) in [5.41, 5.74) is 0.882. The molecule has 114 valence electrons. The maximum absolute atomic E-state index is 13.7. The van der Waals surface area contributed by atoms with Crippen LogP contribution in [0.1, 0.15) is 22.8 Å². The standard InChI is InChI=1S/C15H19FN2O3/c1-10-3-4-13(16)12(9-10)15(21)18-7-5-17(6-8-18)14(20)11(2)19/h3-4,9,11,19H,5-8H2,1-2H3. The number of carbonyl (C=O) groups is 2. The average molecular weight is 294 g/mol. The lowest BCUT2D eigenvalue weighted by molar-refractivity contribution is -0.140. The van der Waals surface area contributed by atoms with Crippen LogP contribution in [0.15, 0.2) is 18.2 Å². The number of nitrogens with zero attached hydrogens (tertiary/aromatic N) is 2. The summed E-state index contributed by atoms with van der Waals surface area (Å²) in [6, 6.07) is 4.44. The number of piperazine rings is 1. The Labute approximate surface area is 123 Å². The van der Waals surface area contributed by atoms with Crippen LogP contribution in [0.5, 0.6) is 0 Å². The highest BCUT2D eigenvalue weighted by molar-refractivity contribution is 5.95. The second-order valence-corrected chi connectivity index (χ2v) is 5.28. The molecule has 1 atom stereocenters. The van der Waals surface area contributed by atoms with E-state index in [1.807, 2.05) is 0 Å². The first kappa shape index (κ1) is 15.4. The van der Waals surface area contributed by atoms with Crippen LogP contribution < -0.4 is 0 Å². The zero-order valence-corrected chi connectivity index (χ0v) is 12.2. The number of amides is 2. The van der Waals surface area contributed by atoms with Gasteiger partial charge in [0.2, 0.25) is 0 Å². The zero-order chi connectivity index (χ0) is 15.6. The van der Waals surface area contributed by atoms with Crippen LogP contribution >= 0.6 is 0 Å². The molecule has 0 aliphatic carbocycles. The van der Waals surface area contributed by atoms with Crippen LogP contribution in [0, 0.1) is 12.7 Å². The minimum atomic E-state index is -1.04. The first-order valence-corrected chi connectivity index (χ1v) is 6.92. The van der Waals surface area contributed by atoms with Gasteiger partial charge in [-0.15, -0.1) is 0 Å². The van der Waals surface area contributed by atoms with E-state index in [9.17, 15) is 19.1 Å². The minimum Gasteiger partial charge on any atom is -0.384 e. The highest BCUT2D eigenvalue weighted by atomic mass is 19.1. The van der Waals surface area contributed by atoms with Crippen molar-refractivity contribution >= 4 is 11.8 Å². The van der Waals surface area contributed by atoms with Gasteiger partial charge < -0.3 is 14.9 Å². The molecule has 1 heterocycles. The van der Waals surface area contributed by atoms with E-state index >= 15 is 0 Å². The SMILES string of the molecule is Cc1ccc(F)c(C(=O)N2CCN(C(=O)C(C)O)CC2)c1. The Hall–Kier alpha value is -1.95. The molecule has 0 radical (unpaired) electrons. The summed E-state index contributed by atoms with van der Waals surface area (Å²) in [7, 11) is 0. The van der Waals surface area contributed by atoms with Crippen LogP contribution in [0.25, 0.3) is 0 Å². The van der Waals surface area contributed by atoms with Crippen LogP contribution in [0.4, 0.5) is 4.39 Å². The van der Waals surface area contributed by atoms with Crippen molar-refractivity contribution in [1.82, 2.24) is 9.80 Å². The van der Waals surface area contributed by atoms with Gasteiger partial charge in [0.1, 0.15) is 11.9 Å². The molecular formula is C15H19FN2O3. The maximum Gasteiger partial charge on any atom is 0.256 e. The van der Waals surface area contributed by atoms with E-state index in [0.717, 1.165) is 5.56 Å². The van der Waals surface area contributed by atoms with Gasteiger partial charge in [-0.3, -0.25) is 9.59 Å². The molecule has 1 N–H and O–H groups in total. The van der Waals surface area contributed by atoms with Crippen molar-refractivity contribution in [1.29, 1.82) is 0 Å². The second-order valence-electron chi connectivity index (χ2n) is 5.28. The van der Waals surface area contributed by atoms with Gasteiger partial charge in [-0.05, 0) is 26.0 Å². The third-order valence-electron chi connectivity index (χ3n) is 3.59. The molecule has 0 saturated carbocycles. The molecule has 5 nitrogen and oxygen atoms in total. The third-order valence-corrected chi connectivity index (χ3v) is 3.59. The summed E-state index contributed by atoms with van der Waals surface area (Å²) in [4.78, 5) is 27.0. The molecule has 6 heteroatoms. The molecule has 1 aromatic carbocycles. The van der Waals surface area contributed by atoms with Crippen LogP contribution in [0.3, 0.4) is 0 Å². The molecule has 1 fully saturated rings. The molecule has 0 spiro atoms. The van der Waals surface area contributed by atoms with Gasteiger partial charge >= 0.3 is 0 Å². The Morgan fingerprint density at radius 3 is 2.33 bits per heavy atom. The summed E-state index contributed by atoms with van der Waals surface area (Å²) in [6.07, 6.45) is -1.04.